The maximum atomic E-state index is 5.48. The van der Waals surface area contributed by atoms with E-state index >= 15 is 0 Å². The van der Waals surface area contributed by atoms with E-state index < -0.39 is 0 Å². The highest BCUT2D eigenvalue weighted by Gasteiger charge is 2.21. The molecular formula is C11H14S. The van der Waals surface area contributed by atoms with E-state index in [2.05, 4.69) is 38.1 Å². The summed E-state index contributed by atoms with van der Waals surface area (Å²) in [6.45, 7) is 6.36. The van der Waals surface area contributed by atoms with Crippen molar-refractivity contribution in [2.45, 2.75) is 32.6 Å². The Labute approximate surface area is 78.6 Å². The monoisotopic (exact) mass is 178 g/mol. The summed E-state index contributed by atoms with van der Waals surface area (Å²) < 4.78 is 0. The lowest BCUT2D eigenvalue weighted by molar-refractivity contribution is 0.707. The molecule has 0 aliphatic carbocycles. The summed E-state index contributed by atoms with van der Waals surface area (Å²) in [6, 6.07) is 2.17. The van der Waals surface area contributed by atoms with Gasteiger partial charge < -0.3 is 0 Å². The molecule has 0 radical (unpaired) electrons. The van der Waals surface area contributed by atoms with Crippen molar-refractivity contribution < 1.29 is 0 Å². The van der Waals surface area contributed by atoms with Gasteiger partial charge in [0.25, 0.3) is 0 Å². The first-order valence-electron chi connectivity index (χ1n) is 4.16. The molecule has 1 heteroatoms. The molecule has 0 saturated heterocycles. The molecule has 1 aromatic heterocycles. The molecule has 1 rings (SSSR count). The van der Waals surface area contributed by atoms with Gasteiger partial charge in [-0.3, -0.25) is 0 Å². The first kappa shape index (κ1) is 9.35. The van der Waals surface area contributed by atoms with Crippen molar-refractivity contribution in [1.82, 2.24) is 0 Å². The fourth-order valence-electron chi connectivity index (χ4n) is 1.23. The van der Waals surface area contributed by atoms with E-state index in [1.165, 1.54) is 10.4 Å². The summed E-state index contributed by atoms with van der Waals surface area (Å²) in [5.41, 5.74) is 1.29. The molecule has 0 N–H and O–H groups in total. The molecule has 0 nitrogen and oxygen atoms in total. The molecule has 0 atom stereocenters. The van der Waals surface area contributed by atoms with Crippen LogP contribution < -0.4 is 0 Å². The Morgan fingerprint density at radius 1 is 1.58 bits per heavy atom. The molecule has 1 aromatic rings. The van der Waals surface area contributed by atoms with Gasteiger partial charge in [-0.05, 0) is 37.3 Å². The Morgan fingerprint density at radius 3 is 2.75 bits per heavy atom. The SMILES string of the molecule is C#CC(C)(C)c1sccc1CC. The van der Waals surface area contributed by atoms with E-state index in [0.29, 0.717) is 0 Å². The molecule has 0 spiro atoms. The molecule has 0 fully saturated rings. The van der Waals surface area contributed by atoms with Gasteiger partial charge in [0.2, 0.25) is 0 Å². The summed E-state index contributed by atoms with van der Waals surface area (Å²) >= 11 is 1.76. The van der Waals surface area contributed by atoms with Gasteiger partial charge in [0.05, 0.1) is 5.41 Å². The van der Waals surface area contributed by atoms with Crippen LogP contribution in [0.5, 0.6) is 0 Å². The first-order chi connectivity index (χ1) is 5.61. The molecular weight excluding hydrogens is 164 g/mol. The lowest BCUT2D eigenvalue weighted by atomic mass is 9.90. The zero-order valence-electron chi connectivity index (χ0n) is 7.85. The third-order valence-corrected chi connectivity index (χ3v) is 3.34. The maximum absolute atomic E-state index is 5.48. The summed E-state index contributed by atoms with van der Waals surface area (Å²) in [5, 5.41) is 2.12. The number of aryl methyl sites for hydroxylation is 1. The molecule has 64 valence electrons. The second-order valence-corrected chi connectivity index (χ2v) is 4.31. The van der Waals surface area contributed by atoms with Crippen molar-refractivity contribution in [1.29, 1.82) is 0 Å². The van der Waals surface area contributed by atoms with Crippen LogP contribution >= 0.6 is 11.3 Å². The van der Waals surface area contributed by atoms with Crippen LogP contribution in [-0.4, -0.2) is 0 Å². The second-order valence-electron chi connectivity index (χ2n) is 3.40. The second kappa shape index (κ2) is 3.33. The van der Waals surface area contributed by atoms with Gasteiger partial charge in [-0.15, -0.1) is 17.8 Å². The van der Waals surface area contributed by atoms with Crippen LogP contribution in [-0.2, 0) is 11.8 Å². The predicted molar refractivity (Wildman–Crippen MR) is 55.6 cm³/mol. The van der Waals surface area contributed by atoms with E-state index in [1.807, 2.05) is 0 Å². The maximum Gasteiger partial charge on any atom is 0.0599 e. The summed E-state index contributed by atoms with van der Waals surface area (Å²) in [7, 11) is 0. The lowest BCUT2D eigenvalue weighted by Crippen LogP contribution is -2.13. The van der Waals surface area contributed by atoms with Crippen molar-refractivity contribution in [2.24, 2.45) is 0 Å². The van der Waals surface area contributed by atoms with Crippen molar-refractivity contribution >= 4 is 11.3 Å². The number of terminal acetylenes is 1. The van der Waals surface area contributed by atoms with Gasteiger partial charge in [0.1, 0.15) is 0 Å². The van der Waals surface area contributed by atoms with Crippen LogP contribution in [0.2, 0.25) is 0 Å². The van der Waals surface area contributed by atoms with Crippen LogP contribution in [0.1, 0.15) is 31.2 Å². The zero-order valence-corrected chi connectivity index (χ0v) is 8.66. The Hall–Kier alpha value is -0.740. The Bertz CT molecular complexity index is 299. The fourth-order valence-corrected chi connectivity index (χ4v) is 2.31. The molecule has 1 heterocycles. The normalized spacial score (nSPS) is 11.2. The third-order valence-electron chi connectivity index (χ3n) is 2.06. The third kappa shape index (κ3) is 1.54. The largest absolute Gasteiger partial charge is 0.147 e. The number of hydrogen-bond acceptors (Lipinski definition) is 1. The summed E-state index contributed by atoms with van der Waals surface area (Å²) in [4.78, 5) is 1.34. The van der Waals surface area contributed by atoms with Crippen LogP contribution in [0.3, 0.4) is 0 Å². The molecule has 0 unspecified atom stereocenters. The van der Waals surface area contributed by atoms with Crippen LogP contribution in [0, 0.1) is 12.3 Å². The summed E-state index contributed by atoms with van der Waals surface area (Å²) in [6.07, 6.45) is 6.55. The minimum Gasteiger partial charge on any atom is -0.147 e. The zero-order chi connectivity index (χ0) is 9.19. The molecule has 0 aromatic carbocycles. The highest BCUT2D eigenvalue weighted by atomic mass is 32.1. The number of thiophene rings is 1. The predicted octanol–water partition coefficient (Wildman–Crippen LogP) is 3.22. The summed E-state index contributed by atoms with van der Waals surface area (Å²) in [5.74, 6) is 2.83. The van der Waals surface area contributed by atoms with Crippen molar-refractivity contribution in [3.05, 3.63) is 21.9 Å². The van der Waals surface area contributed by atoms with E-state index in [4.69, 9.17) is 6.42 Å². The van der Waals surface area contributed by atoms with Crippen molar-refractivity contribution in [3.63, 3.8) is 0 Å². The highest BCUT2D eigenvalue weighted by Crippen LogP contribution is 2.30. The molecule has 0 aliphatic rings. The van der Waals surface area contributed by atoms with Crippen molar-refractivity contribution in [2.75, 3.05) is 0 Å². The minimum atomic E-state index is -0.0977. The molecule has 0 aliphatic heterocycles. The standard InChI is InChI=1S/C11H14S/c1-5-9-7-8-12-10(9)11(3,4)6-2/h2,7-8H,5H2,1,3-4H3. The molecule has 12 heavy (non-hydrogen) atoms. The van der Waals surface area contributed by atoms with Gasteiger partial charge in [0, 0.05) is 4.88 Å². The van der Waals surface area contributed by atoms with E-state index in [0.717, 1.165) is 6.42 Å². The topological polar surface area (TPSA) is 0 Å². The first-order valence-corrected chi connectivity index (χ1v) is 5.04. The molecule has 0 amide bonds. The van der Waals surface area contributed by atoms with Crippen molar-refractivity contribution in [3.8, 4) is 12.3 Å². The van der Waals surface area contributed by atoms with Gasteiger partial charge in [-0.25, -0.2) is 0 Å². The van der Waals surface area contributed by atoms with Gasteiger partial charge in [0.15, 0.2) is 0 Å². The van der Waals surface area contributed by atoms with E-state index in [9.17, 15) is 0 Å². The average molecular weight is 178 g/mol. The van der Waals surface area contributed by atoms with Gasteiger partial charge in [-0.2, -0.15) is 0 Å². The van der Waals surface area contributed by atoms with Crippen LogP contribution in [0.15, 0.2) is 11.4 Å². The van der Waals surface area contributed by atoms with Gasteiger partial charge >= 0.3 is 0 Å². The average Bonchev–Trinajstić information content (AvgIpc) is 2.52. The smallest absolute Gasteiger partial charge is 0.0599 e. The minimum absolute atomic E-state index is 0.0977. The molecule has 0 saturated carbocycles. The van der Waals surface area contributed by atoms with Crippen LogP contribution in [0.4, 0.5) is 0 Å². The van der Waals surface area contributed by atoms with Crippen LogP contribution in [0.25, 0.3) is 0 Å². The Morgan fingerprint density at radius 2 is 2.25 bits per heavy atom. The quantitative estimate of drug-likeness (QED) is 0.610. The lowest BCUT2D eigenvalue weighted by Gasteiger charge is -2.17. The fraction of sp³-hybridized carbons (Fsp3) is 0.455. The number of rotatable bonds is 2. The molecule has 0 bridgehead atoms. The Balaban J connectivity index is 3.11. The van der Waals surface area contributed by atoms with Gasteiger partial charge in [-0.1, -0.05) is 12.8 Å². The highest BCUT2D eigenvalue weighted by molar-refractivity contribution is 7.10. The van der Waals surface area contributed by atoms with E-state index in [1.54, 1.807) is 11.3 Å². The van der Waals surface area contributed by atoms with E-state index in [-0.39, 0.29) is 5.41 Å². The number of hydrogen-bond donors (Lipinski definition) is 0. The Kier molecular flexibility index (Phi) is 2.59.